The summed E-state index contributed by atoms with van der Waals surface area (Å²) in [6, 6.07) is 3.17. The Morgan fingerprint density at radius 1 is 1.41 bits per heavy atom. The first-order valence-electron chi connectivity index (χ1n) is 5.15. The van der Waals surface area contributed by atoms with Crippen LogP contribution in [-0.4, -0.2) is 14.8 Å². The molecular weight excluding hydrogens is 226 g/mol. The first-order valence-corrected chi connectivity index (χ1v) is 5.15. The van der Waals surface area contributed by atoms with Crippen LogP contribution >= 0.6 is 0 Å². The van der Waals surface area contributed by atoms with Crippen LogP contribution in [0.4, 0.5) is 8.78 Å². The van der Waals surface area contributed by atoms with Crippen LogP contribution in [0.15, 0.2) is 24.5 Å². The van der Waals surface area contributed by atoms with Gasteiger partial charge in [-0.2, -0.15) is 5.10 Å². The molecule has 0 amide bonds. The molecule has 0 aliphatic carbocycles. The minimum absolute atomic E-state index is 0.200. The van der Waals surface area contributed by atoms with Crippen LogP contribution in [0.1, 0.15) is 24.4 Å². The zero-order chi connectivity index (χ0) is 12.4. The van der Waals surface area contributed by atoms with E-state index in [9.17, 15) is 8.78 Å². The van der Waals surface area contributed by atoms with Crippen LogP contribution in [0.5, 0.6) is 0 Å². The molecule has 1 atom stereocenters. The van der Waals surface area contributed by atoms with Gasteiger partial charge in [-0.15, -0.1) is 0 Å². The third-order valence-corrected chi connectivity index (χ3v) is 2.31. The van der Waals surface area contributed by atoms with E-state index in [0.717, 1.165) is 6.07 Å². The Labute approximate surface area is 97.1 Å². The predicted molar refractivity (Wildman–Crippen MR) is 58.1 cm³/mol. The van der Waals surface area contributed by atoms with Gasteiger partial charge < -0.3 is 5.73 Å². The molecule has 0 aliphatic rings. The monoisotopic (exact) mass is 238 g/mol. The molecule has 2 rings (SSSR count). The topological polar surface area (TPSA) is 56.7 Å². The quantitative estimate of drug-likeness (QED) is 0.884. The predicted octanol–water partition coefficient (Wildman–Crippen LogP) is 1.62. The second-order valence-electron chi connectivity index (χ2n) is 3.82. The summed E-state index contributed by atoms with van der Waals surface area (Å²) in [5, 5.41) is 4.09. The van der Waals surface area contributed by atoms with Crippen molar-refractivity contribution >= 4 is 0 Å². The van der Waals surface area contributed by atoms with Gasteiger partial charge >= 0.3 is 0 Å². The lowest BCUT2D eigenvalue weighted by atomic mass is 10.2. The molecule has 0 fully saturated rings. The molecule has 2 aromatic rings. The summed E-state index contributed by atoms with van der Waals surface area (Å²) in [7, 11) is 0. The number of hydrogen-bond donors (Lipinski definition) is 1. The Morgan fingerprint density at radius 2 is 2.18 bits per heavy atom. The fourth-order valence-corrected chi connectivity index (χ4v) is 1.42. The number of rotatable bonds is 3. The Kier molecular flexibility index (Phi) is 3.14. The average Bonchev–Trinajstić information content (AvgIpc) is 2.71. The molecule has 1 heterocycles. The molecule has 1 aromatic carbocycles. The summed E-state index contributed by atoms with van der Waals surface area (Å²) >= 11 is 0. The summed E-state index contributed by atoms with van der Waals surface area (Å²) in [6.07, 6.45) is 1.47. The van der Waals surface area contributed by atoms with Crippen molar-refractivity contribution in [1.29, 1.82) is 0 Å². The van der Waals surface area contributed by atoms with Gasteiger partial charge in [0.05, 0.1) is 12.6 Å². The van der Waals surface area contributed by atoms with Crippen molar-refractivity contribution in [2.45, 2.75) is 19.5 Å². The van der Waals surface area contributed by atoms with Crippen LogP contribution in [0, 0.1) is 11.6 Å². The third kappa shape index (κ3) is 2.65. The van der Waals surface area contributed by atoms with Crippen molar-refractivity contribution in [3.05, 3.63) is 47.5 Å². The van der Waals surface area contributed by atoms with E-state index in [0.29, 0.717) is 11.4 Å². The molecule has 17 heavy (non-hydrogen) atoms. The molecule has 90 valence electrons. The van der Waals surface area contributed by atoms with E-state index in [1.165, 1.54) is 23.1 Å². The average molecular weight is 238 g/mol. The van der Waals surface area contributed by atoms with Gasteiger partial charge in [-0.3, -0.25) is 0 Å². The molecule has 2 N–H and O–H groups in total. The molecule has 1 aromatic heterocycles. The highest BCUT2D eigenvalue weighted by atomic mass is 19.1. The number of aromatic nitrogens is 3. The third-order valence-electron chi connectivity index (χ3n) is 2.31. The maximum atomic E-state index is 13.4. The lowest BCUT2D eigenvalue weighted by Crippen LogP contribution is -2.09. The molecule has 0 spiro atoms. The van der Waals surface area contributed by atoms with Crippen LogP contribution in [-0.2, 0) is 6.54 Å². The van der Waals surface area contributed by atoms with Crippen molar-refractivity contribution in [3.8, 4) is 0 Å². The largest absolute Gasteiger partial charge is 0.321 e. The lowest BCUT2D eigenvalue weighted by Gasteiger charge is -2.03. The van der Waals surface area contributed by atoms with Gasteiger partial charge in [0.2, 0.25) is 0 Å². The van der Waals surface area contributed by atoms with E-state index in [1.807, 2.05) is 0 Å². The fourth-order valence-electron chi connectivity index (χ4n) is 1.42. The lowest BCUT2D eigenvalue weighted by molar-refractivity contribution is 0.556. The highest BCUT2D eigenvalue weighted by Crippen LogP contribution is 2.11. The van der Waals surface area contributed by atoms with Gasteiger partial charge in [0.25, 0.3) is 0 Å². The fraction of sp³-hybridized carbons (Fsp3) is 0.273. The number of nitrogens with two attached hydrogens (primary N) is 1. The van der Waals surface area contributed by atoms with Gasteiger partial charge in [-0.25, -0.2) is 18.4 Å². The first kappa shape index (κ1) is 11.7. The van der Waals surface area contributed by atoms with E-state index < -0.39 is 11.6 Å². The Morgan fingerprint density at radius 3 is 2.76 bits per heavy atom. The molecule has 0 saturated heterocycles. The van der Waals surface area contributed by atoms with Crippen molar-refractivity contribution in [2.24, 2.45) is 5.73 Å². The molecule has 1 unspecified atom stereocenters. The van der Waals surface area contributed by atoms with E-state index in [2.05, 4.69) is 10.1 Å². The van der Waals surface area contributed by atoms with Crippen LogP contribution in [0.25, 0.3) is 0 Å². The summed E-state index contributed by atoms with van der Waals surface area (Å²) < 4.78 is 27.5. The molecule has 0 aliphatic heterocycles. The summed E-state index contributed by atoms with van der Waals surface area (Å²) in [5.41, 5.74) is 5.96. The van der Waals surface area contributed by atoms with E-state index in [-0.39, 0.29) is 12.6 Å². The highest BCUT2D eigenvalue weighted by molar-refractivity contribution is 5.18. The van der Waals surface area contributed by atoms with Crippen LogP contribution in [0.2, 0.25) is 0 Å². The van der Waals surface area contributed by atoms with Gasteiger partial charge in [-0.05, 0) is 13.0 Å². The van der Waals surface area contributed by atoms with E-state index in [1.54, 1.807) is 6.92 Å². The van der Waals surface area contributed by atoms with Gasteiger partial charge in [-0.1, -0.05) is 6.07 Å². The maximum Gasteiger partial charge on any atom is 0.166 e. The van der Waals surface area contributed by atoms with Gasteiger partial charge in [0.1, 0.15) is 18.0 Å². The van der Waals surface area contributed by atoms with E-state index >= 15 is 0 Å². The molecule has 0 radical (unpaired) electrons. The Balaban J connectivity index is 2.19. The van der Waals surface area contributed by atoms with Crippen molar-refractivity contribution in [2.75, 3.05) is 0 Å². The highest BCUT2D eigenvalue weighted by Gasteiger charge is 2.08. The molecule has 0 saturated carbocycles. The van der Waals surface area contributed by atoms with Crippen LogP contribution in [0.3, 0.4) is 0 Å². The summed E-state index contributed by atoms with van der Waals surface area (Å²) in [4.78, 5) is 3.99. The minimum atomic E-state index is -0.596. The molecule has 6 heteroatoms. The number of benzene rings is 1. The minimum Gasteiger partial charge on any atom is -0.321 e. The smallest absolute Gasteiger partial charge is 0.166 e. The molecule has 0 bridgehead atoms. The van der Waals surface area contributed by atoms with Crippen LogP contribution < -0.4 is 5.73 Å². The maximum absolute atomic E-state index is 13.4. The van der Waals surface area contributed by atoms with Crippen molar-refractivity contribution < 1.29 is 8.78 Å². The van der Waals surface area contributed by atoms with Crippen molar-refractivity contribution in [1.82, 2.24) is 14.8 Å². The van der Waals surface area contributed by atoms with Crippen molar-refractivity contribution in [3.63, 3.8) is 0 Å². The van der Waals surface area contributed by atoms with E-state index in [4.69, 9.17) is 5.73 Å². The number of nitrogens with zero attached hydrogens (tertiary/aromatic N) is 3. The first-order chi connectivity index (χ1) is 8.06. The molecular formula is C11H12F2N4. The Bertz CT molecular complexity index is 522. The SMILES string of the molecule is CC(N)c1ncn(Cc2ccc(F)cc2F)n1. The Hall–Kier alpha value is -1.82. The summed E-state index contributed by atoms with van der Waals surface area (Å²) in [6.45, 7) is 1.96. The number of hydrogen-bond acceptors (Lipinski definition) is 3. The van der Waals surface area contributed by atoms with Gasteiger partial charge in [0.15, 0.2) is 5.82 Å². The zero-order valence-electron chi connectivity index (χ0n) is 9.27. The van der Waals surface area contributed by atoms with Gasteiger partial charge in [0, 0.05) is 11.6 Å². The second kappa shape index (κ2) is 4.58. The number of halogens is 2. The summed E-state index contributed by atoms with van der Waals surface area (Å²) in [5.74, 6) is -0.698. The zero-order valence-corrected chi connectivity index (χ0v) is 9.27. The standard InChI is InChI=1S/C11H12F2N4/c1-7(14)11-15-6-17(16-11)5-8-2-3-9(12)4-10(8)13/h2-4,6-7H,5,14H2,1H3. The molecule has 4 nitrogen and oxygen atoms in total. The second-order valence-corrected chi connectivity index (χ2v) is 3.82. The normalized spacial score (nSPS) is 12.7.